The van der Waals surface area contributed by atoms with Crippen molar-refractivity contribution in [1.82, 2.24) is 26.2 Å². The topological polar surface area (TPSA) is 171 Å². The number of hydrogen-bond acceptors (Lipinski definition) is 7. The van der Waals surface area contributed by atoms with Gasteiger partial charge in [0.1, 0.15) is 12.1 Å². The number of nitrogens with zero attached hydrogens (tertiary/aromatic N) is 1. The van der Waals surface area contributed by atoms with Crippen LogP contribution in [0.2, 0.25) is 0 Å². The molecule has 3 aliphatic heterocycles. The fourth-order valence-corrected chi connectivity index (χ4v) is 11.0. The van der Waals surface area contributed by atoms with E-state index in [4.69, 9.17) is 0 Å². The molecule has 5 amide bonds. The summed E-state index contributed by atoms with van der Waals surface area (Å²) in [7, 11) is -3.27. The van der Waals surface area contributed by atoms with Crippen molar-refractivity contribution in [2.75, 3.05) is 12.3 Å². The zero-order chi connectivity index (χ0) is 34.3. The summed E-state index contributed by atoms with van der Waals surface area (Å²) in [5.41, 5.74) is -1.000. The lowest BCUT2D eigenvalue weighted by atomic mass is 9.78. The van der Waals surface area contributed by atoms with Crippen LogP contribution in [0.4, 0.5) is 4.79 Å². The average Bonchev–Trinajstić information content (AvgIpc) is 3.88. The summed E-state index contributed by atoms with van der Waals surface area (Å²) >= 11 is 0. The van der Waals surface area contributed by atoms with E-state index in [1.807, 2.05) is 0 Å². The molecule has 3 heterocycles. The quantitative estimate of drug-likeness (QED) is 0.311. The smallest absolute Gasteiger partial charge is 0.315 e. The number of nitrogens with one attached hydrogen (secondary N) is 4. The molecular weight excluding hydrogens is 634 g/mol. The summed E-state index contributed by atoms with van der Waals surface area (Å²) in [6.45, 7) is 4.55. The Hall–Kier alpha value is -2.70. The van der Waals surface area contributed by atoms with Crippen molar-refractivity contribution in [3.05, 3.63) is 0 Å². The summed E-state index contributed by atoms with van der Waals surface area (Å²) < 4.78 is 25.5. The van der Waals surface area contributed by atoms with Crippen LogP contribution in [0.1, 0.15) is 123 Å². The zero-order valence-electron chi connectivity index (χ0n) is 28.7. The minimum absolute atomic E-state index is 0.0204. The van der Waals surface area contributed by atoms with E-state index < -0.39 is 62.4 Å². The normalized spacial score (nSPS) is 34.8. The predicted molar refractivity (Wildman–Crippen MR) is 179 cm³/mol. The number of fused-ring (bicyclic) bond motifs is 3. The highest BCUT2D eigenvalue weighted by atomic mass is 32.2. The third kappa shape index (κ3) is 7.26. The number of sulfone groups is 1. The van der Waals surface area contributed by atoms with Gasteiger partial charge in [0.05, 0.1) is 22.6 Å². The number of carbonyl (C=O) groups excluding carboxylic acids is 5. The van der Waals surface area contributed by atoms with Crippen molar-refractivity contribution in [2.45, 2.75) is 158 Å². The lowest BCUT2D eigenvalue weighted by molar-refractivity contribution is -0.144. The summed E-state index contributed by atoms with van der Waals surface area (Å²) in [5.74, 6) is -1.91. The molecule has 48 heavy (non-hydrogen) atoms. The van der Waals surface area contributed by atoms with Crippen molar-refractivity contribution in [3.8, 4) is 0 Å². The molecule has 0 bridgehead atoms. The first-order valence-electron chi connectivity index (χ1n) is 18.6. The summed E-state index contributed by atoms with van der Waals surface area (Å²) in [4.78, 5) is 69.8. The summed E-state index contributed by atoms with van der Waals surface area (Å²) in [6, 6.07) is -3.17. The maximum Gasteiger partial charge on any atom is 0.315 e. The number of rotatable bonds is 6. The monoisotopic (exact) mass is 689 g/mol. The van der Waals surface area contributed by atoms with Crippen molar-refractivity contribution in [2.24, 2.45) is 17.3 Å². The van der Waals surface area contributed by atoms with Gasteiger partial charge in [0.2, 0.25) is 17.6 Å². The predicted octanol–water partition coefficient (Wildman–Crippen LogP) is 2.88. The second kappa shape index (κ2) is 13.9. The lowest BCUT2D eigenvalue weighted by Gasteiger charge is -2.47. The Morgan fingerprint density at radius 3 is 2.04 bits per heavy atom. The fourth-order valence-electron chi connectivity index (χ4n) is 9.20. The molecule has 3 saturated carbocycles. The number of ketones is 1. The van der Waals surface area contributed by atoms with Gasteiger partial charge in [-0.2, -0.15) is 0 Å². The molecule has 0 aromatic heterocycles. The molecule has 3 saturated heterocycles. The second-order valence-corrected chi connectivity index (χ2v) is 18.4. The Balaban J connectivity index is 1.21. The van der Waals surface area contributed by atoms with Crippen molar-refractivity contribution in [1.29, 1.82) is 0 Å². The number of amides is 5. The minimum atomic E-state index is -3.27. The number of Topliss-reactive ketones (excluding diaryl/α,β-unsaturated/α-hetero) is 1. The SMILES string of the molecule is CC1(C)[C@@H]2[C@H]3C(=O)N[C@@H](C(=O)C(=O)NC4CC4)CCCCCCCCC[C@@H](NC(=O)NC4([C@@H]5CCS5(=O)=O)CCCCC4)C(=O)N3C[C@@H]21. The van der Waals surface area contributed by atoms with Crippen molar-refractivity contribution in [3.63, 3.8) is 0 Å². The van der Waals surface area contributed by atoms with Gasteiger partial charge in [-0.25, -0.2) is 13.2 Å². The second-order valence-electron chi connectivity index (χ2n) is 16.1. The number of hydrogen-bond donors (Lipinski definition) is 4. The van der Waals surface area contributed by atoms with Crippen LogP contribution in [-0.4, -0.2) is 90.1 Å². The molecule has 4 N–H and O–H groups in total. The van der Waals surface area contributed by atoms with E-state index in [0.29, 0.717) is 45.1 Å². The Morgan fingerprint density at radius 2 is 1.44 bits per heavy atom. The molecule has 0 aromatic carbocycles. The Kier molecular flexibility index (Phi) is 10.2. The highest BCUT2D eigenvalue weighted by molar-refractivity contribution is 7.93. The molecule has 0 spiro atoms. The molecule has 6 aliphatic rings. The maximum atomic E-state index is 14.4. The van der Waals surface area contributed by atoms with Gasteiger partial charge < -0.3 is 26.2 Å². The molecule has 6 rings (SSSR count). The van der Waals surface area contributed by atoms with Gasteiger partial charge in [-0.05, 0) is 62.2 Å². The zero-order valence-corrected chi connectivity index (χ0v) is 29.5. The standard InChI is InChI=1S/C35H55N5O7S/c1-34(2)23-21-40-28(27(23)34)30(42)37-24(29(41)31(43)36-22-15-16-22)13-9-6-4-3-5-7-10-14-25(32(40)44)38-33(45)39-35(18-11-8-12-19-35)26-17-20-48(26,46)47/h22-28H,3-21H2,1-2H3,(H,36,43)(H,37,42)(H2,38,39,45)/t23-,24+,25+,26-,27-,28-/m0/s1. The first-order valence-corrected chi connectivity index (χ1v) is 20.3. The number of carbonyl (C=O) groups is 5. The average molecular weight is 690 g/mol. The highest BCUT2D eigenvalue weighted by Crippen LogP contribution is 2.65. The highest BCUT2D eigenvalue weighted by Gasteiger charge is 2.69. The van der Waals surface area contributed by atoms with Crippen LogP contribution in [0, 0.1) is 17.3 Å². The maximum absolute atomic E-state index is 14.4. The number of piperidine rings is 1. The van der Waals surface area contributed by atoms with Crippen LogP contribution in [0.15, 0.2) is 0 Å². The number of urea groups is 1. The van der Waals surface area contributed by atoms with Gasteiger partial charge in [0.15, 0.2) is 9.84 Å². The van der Waals surface area contributed by atoms with E-state index in [1.54, 1.807) is 4.90 Å². The Labute approximate surface area is 285 Å². The van der Waals surface area contributed by atoms with Crippen LogP contribution >= 0.6 is 0 Å². The Morgan fingerprint density at radius 1 is 0.812 bits per heavy atom. The molecule has 0 aromatic rings. The van der Waals surface area contributed by atoms with Gasteiger partial charge in [-0.3, -0.25) is 19.2 Å². The van der Waals surface area contributed by atoms with Crippen LogP contribution < -0.4 is 21.3 Å². The lowest BCUT2D eigenvalue weighted by Crippen LogP contribution is -2.66. The molecule has 13 heteroatoms. The van der Waals surface area contributed by atoms with Crippen molar-refractivity contribution < 1.29 is 32.4 Å². The van der Waals surface area contributed by atoms with Crippen molar-refractivity contribution >= 4 is 39.4 Å². The third-order valence-electron chi connectivity index (χ3n) is 12.4. The van der Waals surface area contributed by atoms with E-state index in [9.17, 15) is 32.4 Å². The molecule has 0 unspecified atom stereocenters. The van der Waals surface area contributed by atoms with E-state index in [2.05, 4.69) is 35.1 Å². The van der Waals surface area contributed by atoms with Gasteiger partial charge >= 0.3 is 6.03 Å². The first-order chi connectivity index (χ1) is 22.8. The van der Waals surface area contributed by atoms with Gasteiger partial charge in [0.25, 0.3) is 5.91 Å². The van der Waals surface area contributed by atoms with E-state index in [-0.39, 0.29) is 35.0 Å². The van der Waals surface area contributed by atoms with Crippen LogP contribution in [0.3, 0.4) is 0 Å². The summed E-state index contributed by atoms with van der Waals surface area (Å²) in [5, 5.41) is 11.1. The van der Waals surface area contributed by atoms with Gasteiger partial charge in [-0.1, -0.05) is 78.1 Å². The van der Waals surface area contributed by atoms with Crippen LogP contribution in [-0.2, 0) is 29.0 Å². The largest absolute Gasteiger partial charge is 0.347 e. The molecule has 0 radical (unpaired) electrons. The Bertz CT molecular complexity index is 1390. The van der Waals surface area contributed by atoms with Gasteiger partial charge in [-0.15, -0.1) is 0 Å². The van der Waals surface area contributed by atoms with Gasteiger partial charge in [0, 0.05) is 12.6 Å². The third-order valence-corrected chi connectivity index (χ3v) is 14.8. The minimum Gasteiger partial charge on any atom is -0.347 e. The molecular formula is C35H55N5O7S. The molecule has 268 valence electrons. The molecule has 6 fully saturated rings. The summed E-state index contributed by atoms with van der Waals surface area (Å²) in [6.07, 6.45) is 13.0. The van der Waals surface area contributed by atoms with E-state index in [1.165, 1.54) is 0 Å². The fraction of sp³-hybridized carbons (Fsp3) is 0.857. The molecule has 6 atom stereocenters. The van der Waals surface area contributed by atoms with Crippen LogP contribution in [0.25, 0.3) is 0 Å². The van der Waals surface area contributed by atoms with E-state index >= 15 is 0 Å². The van der Waals surface area contributed by atoms with Crippen LogP contribution in [0.5, 0.6) is 0 Å². The van der Waals surface area contributed by atoms with E-state index in [0.717, 1.165) is 70.6 Å². The first kappa shape index (κ1) is 35.1. The molecule has 3 aliphatic carbocycles. The molecule has 12 nitrogen and oxygen atoms in total.